The number of carbonyl (C=O) groups excluding carboxylic acids is 1. The van der Waals surface area contributed by atoms with E-state index in [1.54, 1.807) is 0 Å². The first-order valence-electron chi connectivity index (χ1n) is 5.08. The summed E-state index contributed by atoms with van der Waals surface area (Å²) in [5.74, 6) is 0.381. The first kappa shape index (κ1) is 10.3. The second kappa shape index (κ2) is 5.05. The Hall–Kier alpha value is -0.790. The fourth-order valence-electron chi connectivity index (χ4n) is 1.98. The predicted molar refractivity (Wildman–Crippen MR) is 52.3 cm³/mol. The normalized spacial score (nSPS) is 28.1. The number of hydrogen-bond donors (Lipinski definition) is 0. The molecule has 2 heteroatoms. The van der Waals surface area contributed by atoms with Gasteiger partial charge in [0.15, 0.2) is 0 Å². The van der Waals surface area contributed by atoms with Gasteiger partial charge < -0.3 is 4.74 Å². The van der Waals surface area contributed by atoms with Crippen LogP contribution in [0.4, 0.5) is 0 Å². The molecule has 0 aromatic heterocycles. The summed E-state index contributed by atoms with van der Waals surface area (Å²) in [6.45, 7) is 6.11. The summed E-state index contributed by atoms with van der Waals surface area (Å²) in [5.41, 5.74) is 0. The van der Waals surface area contributed by atoms with Gasteiger partial charge in [-0.3, -0.25) is 4.79 Å². The lowest BCUT2D eigenvalue weighted by atomic mass is 9.79. The molecule has 13 heavy (non-hydrogen) atoms. The third kappa shape index (κ3) is 2.58. The van der Waals surface area contributed by atoms with Gasteiger partial charge in [0.2, 0.25) is 0 Å². The third-order valence-corrected chi connectivity index (χ3v) is 2.71. The van der Waals surface area contributed by atoms with Crippen molar-refractivity contribution in [2.24, 2.45) is 11.8 Å². The van der Waals surface area contributed by atoms with E-state index in [0.29, 0.717) is 12.5 Å². The van der Waals surface area contributed by atoms with Crippen LogP contribution in [0.15, 0.2) is 12.7 Å². The number of esters is 1. The first-order valence-corrected chi connectivity index (χ1v) is 5.08. The maximum Gasteiger partial charge on any atom is 0.309 e. The van der Waals surface area contributed by atoms with Crippen molar-refractivity contribution >= 4 is 5.97 Å². The fraction of sp³-hybridized carbons (Fsp3) is 0.727. The van der Waals surface area contributed by atoms with Gasteiger partial charge in [0, 0.05) is 0 Å². The molecule has 0 saturated heterocycles. The van der Waals surface area contributed by atoms with Gasteiger partial charge in [-0.15, -0.1) is 6.58 Å². The van der Waals surface area contributed by atoms with Gasteiger partial charge in [-0.2, -0.15) is 0 Å². The van der Waals surface area contributed by atoms with E-state index in [0.717, 1.165) is 19.3 Å². The van der Waals surface area contributed by atoms with Gasteiger partial charge in [-0.25, -0.2) is 0 Å². The highest BCUT2D eigenvalue weighted by Gasteiger charge is 2.29. The second-order valence-corrected chi connectivity index (χ2v) is 3.54. The maximum absolute atomic E-state index is 11.5. The van der Waals surface area contributed by atoms with Crippen LogP contribution in [0.2, 0.25) is 0 Å². The van der Waals surface area contributed by atoms with E-state index >= 15 is 0 Å². The zero-order valence-electron chi connectivity index (χ0n) is 8.29. The van der Waals surface area contributed by atoms with Gasteiger partial charge in [0.1, 0.15) is 0 Å². The summed E-state index contributed by atoms with van der Waals surface area (Å²) in [6.07, 6.45) is 6.32. The van der Waals surface area contributed by atoms with Crippen molar-refractivity contribution in [2.45, 2.75) is 32.6 Å². The van der Waals surface area contributed by atoms with Crippen LogP contribution in [0.3, 0.4) is 0 Å². The Morgan fingerprint density at radius 3 is 2.85 bits per heavy atom. The highest BCUT2D eigenvalue weighted by atomic mass is 16.5. The zero-order chi connectivity index (χ0) is 9.68. The standard InChI is InChI=1S/C11H18O2/c1-3-9-7-5-6-8-10(9)11(12)13-4-2/h3,9-10H,1,4-8H2,2H3/t9-,10-/m0/s1. The lowest BCUT2D eigenvalue weighted by Gasteiger charge is -2.27. The van der Waals surface area contributed by atoms with E-state index in [4.69, 9.17) is 4.74 Å². The molecule has 74 valence electrons. The number of carbonyl (C=O) groups is 1. The second-order valence-electron chi connectivity index (χ2n) is 3.54. The van der Waals surface area contributed by atoms with Gasteiger partial charge in [0.05, 0.1) is 12.5 Å². The van der Waals surface area contributed by atoms with Gasteiger partial charge in [0.25, 0.3) is 0 Å². The average Bonchev–Trinajstić information content (AvgIpc) is 2.18. The van der Waals surface area contributed by atoms with Crippen molar-refractivity contribution in [3.8, 4) is 0 Å². The predicted octanol–water partition coefficient (Wildman–Crippen LogP) is 2.54. The molecule has 0 spiro atoms. The molecule has 1 saturated carbocycles. The highest BCUT2D eigenvalue weighted by molar-refractivity contribution is 5.73. The molecule has 1 rings (SSSR count). The number of rotatable bonds is 3. The lowest BCUT2D eigenvalue weighted by Crippen LogP contribution is -2.27. The number of allylic oxidation sites excluding steroid dienone is 1. The van der Waals surface area contributed by atoms with Crippen molar-refractivity contribution in [2.75, 3.05) is 6.61 Å². The van der Waals surface area contributed by atoms with Crippen LogP contribution >= 0.6 is 0 Å². The Bertz CT molecular complexity index is 187. The minimum atomic E-state index is -0.0351. The molecule has 1 aliphatic rings. The minimum absolute atomic E-state index is 0.0351. The molecule has 2 atom stereocenters. The molecule has 0 heterocycles. The van der Waals surface area contributed by atoms with Crippen LogP contribution < -0.4 is 0 Å². The van der Waals surface area contributed by atoms with E-state index in [2.05, 4.69) is 6.58 Å². The van der Waals surface area contributed by atoms with E-state index in [-0.39, 0.29) is 11.9 Å². The first-order chi connectivity index (χ1) is 6.29. The van der Waals surface area contributed by atoms with Gasteiger partial charge in [-0.05, 0) is 25.7 Å². The largest absolute Gasteiger partial charge is 0.466 e. The number of ether oxygens (including phenoxy) is 1. The summed E-state index contributed by atoms with van der Waals surface area (Å²) in [7, 11) is 0. The zero-order valence-corrected chi connectivity index (χ0v) is 8.29. The molecule has 1 aliphatic carbocycles. The average molecular weight is 182 g/mol. The Labute approximate surface area is 80.0 Å². The molecular formula is C11H18O2. The quantitative estimate of drug-likeness (QED) is 0.495. The van der Waals surface area contributed by atoms with Crippen LogP contribution in [-0.2, 0) is 9.53 Å². The minimum Gasteiger partial charge on any atom is -0.466 e. The summed E-state index contributed by atoms with van der Waals surface area (Å²) in [4.78, 5) is 11.5. The molecule has 0 amide bonds. The SMILES string of the molecule is C=C[C@H]1CCCC[C@@H]1C(=O)OCC. The van der Waals surface area contributed by atoms with Crippen molar-refractivity contribution < 1.29 is 9.53 Å². The lowest BCUT2D eigenvalue weighted by molar-refractivity contribution is -0.150. The molecule has 0 N–H and O–H groups in total. The summed E-state index contributed by atoms with van der Waals surface area (Å²) in [5, 5.41) is 0. The molecule has 0 aromatic rings. The Kier molecular flexibility index (Phi) is 4.00. The molecule has 0 aromatic carbocycles. The van der Waals surface area contributed by atoms with Gasteiger partial charge in [-0.1, -0.05) is 18.9 Å². The van der Waals surface area contributed by atoms with Crippen LogP contribution in [0, 0.1) is 11.8 Å². The Morgan fingerprint density at radius 1 is 1.54 bits per heavy atom. The maximum atomic E-state index is 11.5. The molecule has 1 fully saturated rings. The molecule has 0 bridgehead atoms. The van der Waals surface area contributed by atoms with Crippen LogP contribution in [-0.4, -0.2) is 12.6 Å². The molecule has 2 nitrogen and oxygen atoms in total. The topological polar surface area (TPSA) is 26.3 Å². The van der Waals surface area contributed by atoms with Crippen molar-refractivity contribution in [1.82, 2.24) is 0 Å². The van der Waals surface area contributed by atoms with Crippen molar-refractivity contribution in [3.63, 3.8) is 0 Å². The van der Waals surface area contributed by atoms with E-state index < -0.39 is 0 Å². The molecule has 0 aliphatic heterocycles. The van der Waals surface area contributed by atoms with E-state index in [9.17, 15) is 4.79 Å². The molecule has 0 radical (unpaired) electrons. The Balaban J connectivity index is 2.53. The summed E-state index contributed by atoms with van der Waals surface area (Å²) in [6, 6.07) is 0. The van der Waals surface area contributed by atoms with Crippen LogP contribution in [0.25, 0.3) is 0 Å². The smallest absolute Gasteiger partial charge is 0.309 e. The van der Waals surface area contributed by atoms with E-state index in [1.807, 2.05) is 13.0 Å². The van der Waals surface area contributed by atoms with Crippen LogP contribution in [0.1, 0.15) is 32.6 Å². The van der Waals surface area contributed by atoms with Gasteiger partial charge >= 0.3 is 5.97 Å². The monoisotopic (exact) mass is 182 g/mol. The van der Waals surface area contributed by atoms with E-state index in [1.165, 1.54) is 6.42 Å². The summed E-state index contributed by atoms with van der Waals surface area (Å²) < 4.78 is 5.03. The molecular weight excluding hydrogens is 164 g/mol. The third-order valence-electron chi connectivity index (χ3n) is 2.71. The Morgan fingerprint density at radius 2 is 2.23 bits per heavy atom. The van der Waals surface area contributed by atoms with Crippen molar-refractivity contribution in [1.29, 1.82) is 0 Å². The highest BCUT2D eigenvalue weighted by Crippen LogP contribution is 2.31. The fourth-order valence-corrected chi connectivity index (χ4v) is 1.98. The molecule has 0 unspecified atom stereocenters. The van der Waals surface area contributed by atoms with Crippen LogP contribution in [0.5, 0.6) is 0 Å². The van der Waals surface area contributed by atoms with Crippen molar-refractivity contribution in [3.05, 3.63) is 12.7 Å². The number of hydrogen-bond acceptors (Lipinski definition) is 2. The summed E-state index contributed by atoms with van der Waals surface area (Å²) >= 11 is 0.